The van der Waals surface area contributed by atoms with Crippen molar-refractivity contribution in [1.29, 1.82) is 0 Å². The highest BCUT2D eigenvalue weighted by atomic mass is 16.2. The fraction of sp³-hybridized carbons (Fsp3) is 0.304. The normalized spacial score (nSPS) is 16.9. The number of aryl methyl sites for hydroxylation is 2. The van der Waals surface area contributed by atoms with Gasteiger partial charge in [-0.1, -0.05) is 42.0 Å². The summed E-state index contributed by atoms with van der Waals surface area (Å²) in [6.07, 6.45) is 0.981. The third kappa shape index (κ3) is 3.33. The summed E-state index contributed by atoms with van der Waals surface area (Å²) in [4.78, 5) is 20.1. The summed E-state index contributed by atoms with van der Waals surface area (Å²) in [5, 5.41) is 0.909. The molecule has 1 aromatic heterocycles. The summed E-state index contributed by atoms with van der Waals surface area (Å²) in [6, 6.07) is 16.2. The molecule has 0 saturated carbocycles. The predicted molar refractivity (Wildman–Crippen MR) is 110 cm³/mol. The number of aromatic nitrogens is 1. The third-order valence-corrected chi connectivity index (χ3v) is 5.51. The minimum Gasteiger partial charge on any atom is -0.338 e. The van der Waals surface area contributed by atoms with Crippen molar-refractivity contribution < 1.29 is 4.79 Å². The van der Waals surface area contributed by atoms with Crippen LogP contribution in [0.4, 0.5) is 0 Å². The van der Waals surface area contributed by atoms with Gasteiger partial charge in [-0.25, -0.2) is 4.98 Å². The number of carbonyl (C=O) groups excluding carboxylic acids is 1. The van der Waals surface area contributed by atoms with Crippen LogP contribution in [0.5, 0.6) is 0 Å². The topological polar surface area (TPSA) is 59.2 Å². The van der Waals surface area contributed by atoms with Crippen molar-refractivity contribution in [2.24, 2.45) is 11.7 Å². The number of hydrogen-bond acceptors (Lipinski definition) is 3. The number of likely N-dealkylation sites (tertiary alicyclic amines) is 1. The second-order valence-corrected chi connectivity index (χ2v) is 7.53. The molecule has 0 bridgehead atoms. The van der Waals surface area contributed by atoms with E-state index in [1.807, 2.05) is 35.2 Å². The van der Waals surface area contributed by atoms with Gasteiger partial charge in [0.25, 0.3) is 5.91 Å². The van der Waals surface area contributed by atoms with Crippen LogP contribution in [-0.4, -0.2) is 35.4 Å². The lowest BCUT2D eigenvalue weighted by atomic mass is 9.99. The molecule has 27 heavy (non-hydrogen) atoms. The molecule has 1 saturated heterocycles. The van der Waals surface area contributed by atoms with Crippen LogP contribution in [0.1, 0.15) is 27.9 Å². The summed E-state index contributed by atoms with van der Waals surface area (Å²) in [5.41, 5.74) is 11.7. The van der Waals surface area contributed by atoms with E-state index >= 15 is 0 Å². The Morgan fingerprint density at radius 3 is 2.74 bits per heavy atom. The van der Waals surface area contributed by atoms with Crippen molar-refractivity contribution in [3.8, 4) is 11.3 Å². The maximum absolute atomic E-state index is 13.3. The first kappa shape index (κ1) is 17.7. The van der Waals surface area contributed by atoms with Crippen LogP contribution >= 0.6 is 0 Å². The van der Waals surface area contributed by atoms with Crippen LogP contribution in [0.25, 0.3) is 22.2 Å². The zero-order chi connectivity index (χ0) is 19.0. The van der Waals surface area contributed by atoms with Gasteiger partial charge in [0.2, 0.25) is 0 Å². The molecule has 0 aliphatic carbocycles. The molecular formula is C23H25N3O. The molecule has 138 valence electrons. The van der Waals surface area contributed by atoms with E-state index < -0.39 is 0 Å². The van der Waals surface area contributed by atoms with Crippen molar-refractivity contribution in [2.45, 2.75) is 20.3 Å². The lowest BCUT2D eigenvalue weighted by molar-refractivity contribution is 0.0789. The molecule has 2 aromatic carbocycles. The van der Waals surface area contributed by atoms with Gasteiger partial charge in [0.05, 0.1) is 16.8 Å². The maximum atomic E-state index is 13.3. The number of rotatable bonds is 3. The Hall–Kier alpha value is -2.72. The first-order valence-electron chi connectivity index (χ1n) is 9.53. The van der Waals surface area contributed by atoms with E-state index in [0.717, 1.165) is 47.2 Å². The largest absolute Gasteiger partial charge is 0.338 e. The molecule has 3 aromatic rings. The van der Waals surface area contributed by atoms with Crippen LogP contribution in [0.15, 0.2) is 48.5 Å². The van der Waals surface area contributed by atoms with E-state index in [1.165, 1.54) is 11.1 Å². The number of nitrogens with two attached hydrogens (primary N) is 1. The van der Waals surface area contributed by atoms with Crippen molar-refractivity contribution in [3.05, 3.63) is 65.2 Å². The SMILES string of the molecule is Cc1ccc(-c2cc(C(=O)N3CCC(CN)C3)c3ccccc3n2)c(C)c1. The fourth-order valence-corrected chi connectivity index (χ4v) is 3.97. The van der Waals surface area contributed by atoms with Crippen LogP contribution in [0.3, 0.4) is 0 Å². The van der Waals surface area contributed by atoms with E-state index in [0.29, 0.717) is 12.5 Å². The van der Waals surface area contributed by atoms with E-state index in [1.54, 1.807) is 0 Å². The van der Waals surface area contributed by atoms with Gasteiger partial charge in [-0.15, -0.1) is 0 Å². The van der Waals surface area contributed by atoms with E-state index in [9.17, 15) is 4.79 Å². The molecule has 1 aliphatic rings. The van der Waals surface area contributed by atoms with Gasteiger partial charge >= 0.3 is 0 Å². The average Bonchev–Trinajstić information content (AvgIpc) is 3.16. The average molecular weight is 359 g/mol. The molecule has 1 atom stereocenters. The van der Waals surface area contributed by atoms with Gasteiger partial charge in [-0.3, -0.25) is 4.79 Å². The minimum absolute atomic E-state index is 0.0792. The Bertz CT molecular complexity index is 1010. The third-order valence-electron chi connectivity index (χ3n) is 5.51. The molecule has 0 radical (unpaired) electrons. The zero-order valence-corrected chi connectivity index (χ0v) is 15.9. The molecule has 2 N–H and O–H groups in total. The standard InChI is InChI=1S/C23H25N3O/c1-15-7-8-18(16(2)11-15)22-12-20(19-5-3-4-6-21(19)25-22)23(27)26-10-9-17(13-24)14-26/h3-8,11-12,17H,9-10,13-14,24H2,1-2H3. The second-order valence-electron chi connectivity index (χ2n) is 7.53. The van der Waals surface area contributed by atoms with E-state index in [4.69, 9.17) is 10.7 Å². The second kappa shape index (κ2) is 7.12. The highest BCUT2D eigenvalue weighted by molar-refractivity contribution is 6.07. The number of fused-ring (bicyclic) bond motifs is 1. The number of carbonyl (C=O) groups is 1. The lowest BCUT2D eigenvalue weighted by Gasteiger charge is -2.18. The molecule has 4 nitrogen and oxygen atoms in total. The smallest absolute Gasteiger partial charge is 0.254 e. The van der Waals surface area contributed by atoms with Gasteiger partial charge in [0.15, 0.2) is 0 Å². The quantitative estimate of drug-likeness (QED) is 0.770. The van der Waals surface area contributed by atoms with Crippen LogP contribution in [-0.2, 0) is 0 Å². The summed E-state index contributed by atoms with van der Waals surface area (Å²) in [6.45, 7) is 6.32. The number of pyridine rings is 1. The summed E-state index contributed by atoms with van der Waals surface area (Å²) in [7, 11) is 0. The number of benzene rings is 2. The Balaban J connectivity index is 1.83. The van der Waals surface area contributed by atoms with Crippen LogP contribution in [0, 0.1) is 19.8 Å². The van der Waals surface area contributed by atoms with Crippen molar-refractivity contribution in [3.63, 3.8) is 0 Å². The predicted octanol–water partition coefficient (Wildman–Crippen LogP) is 3.94. The molecule has 1 aliphatic heterocycles. The highest BCUT2D eigenvalue weighted by Crippen LogP contribution is 2.29. The number of para-hydroxylation sites is 1. The molecule has 1 amide bonds. The molecule has 0 spiro atoms. The lowest BCUT2D eigenvalue weighted by Crippen LogP contribution is -2.30. The summed E-state index contributed by atoms with van der Waals surface area (Å²) < 4.78 is 0. The molecule has 1 fully saturated rings. The van der Waals surface area contributed by atoms with Crippen molar-refractivity contribution in [1.82, 2.24) is 9.88 Å². The van der Waals surface area contributed by atoms with Crippen LogP contribution in [0.2, 0.25) is 0 Å². The Kier molecular flexibility index (Phi) is 4.66. The van der Waals surface area contributed by atoms with Gasteiger partial charge in [0, 0.05) is 24.0 Å². The molecule has 1 unspecified atom stereocenters. The van der Waals surface area contributed by atoms with E-state index in [-0.39, 0.29) is 5.91 Å². The monoisotopic (exact) mass is 359 g/mol. The molecular weight excluding hydrogens is 334 g/mol. The Labute approximate surface area is 160 Å². The van der Waals surface area contributed by atoms with Gasteiger partial charge < -0.3 is 10.6 Å². The minimum atomic E-state index is 0.0792. The summed E-state index contributed by atoms with van der Waals surface area (Å²) in [5.74, 6) is 0.483. The molecule has 4 rings (SSSR count). The highest BCUT2D eigenvalue weighted by Gasteiger charge is 2.27. The fourth-order valence-electron chi connectivity index (χ4n) is 3.97. The first-order valence-corrected chi connectivity index (χ1v) is 9.53. The van der Waals surface area contributed by atoms with Gasteiger partial charge in [-0.05, 0) is 50.4 Å². The van der Waals surface area contributed by atoms with Crippen molar-refractivity contribution in [2.75, 3.05) is 19.6 Å². The molecule has 2 heterocycles. The Morgan fingerprint density at radius 1 is 1.19 bits per heavy atom. The number of hydrogen-bond donors (Lipinski definition) is 1. The number of nitrogens with zero attached hydrogens (tertiary/aromatic N) is 2. The van der Waals surface area contributed by atoms with Gasteiger partial charge in [-0.2, -0.15) is 0 Å². The Morgan fingerprint density at radius 2 is 2.00 bits per heavy atom. The number of amides is 1. The van der Waals surface area contributed by atoms with Crippen LogP contribution < -0.4 is 5.73 Å². The molecule has 4 heteroatoms. The van der Waals surface area contributed by atoms with Gasteiger partial charge in [0.1, 0.15) is 0 Å². The zero-order valence-electron chi connectivity index (χ0n) is 15.9. The van der Waals surface area contributed by atoms with E-state index in [2.05, 4.69) is 32.0 Å². The maximum Gasteiger partial charge on any atom is 0.254 e. The summed E-state index contributed by atoms with van der Waals surface area (Å²) >= 11 is 0. The first-order chi connectivity index (χ1) is 13.1. The van der Waals surface area contributed by atoms with Crippen molar-refractivity contribution >= 4 is 16.8 Å².